The number of carboxylic acids is 1. The van der Waals surface area contributed by atoms with E-state index in [4.69, 9.17) is 14.2 Å². The molecule has 3 atom stereocenters. The number of thioether (sulfide) groups is 1. The number of anilines is 1. The number of rotatable bonds is 13. The second-order valence-corrected chi connectivity index (χ2v) is 14.2. The van der Waals surface area contributed by atoms with E-state index >= 15 is 0 Å². The molecule has 0 aromatic heterocycles. The third-order valence-electron chi connectivity index (χ3n) is 9.12. The standard InChI is InChI=1S/C45H40N2O7S/c48-28-30-12-14-32(15-13-30)42-26-40(29-55-41-22-16-33(17-23-41)43(49)50)53-44(54-42)36-9-5-8-35(25-36)34-7-4-6-31(24-34)27-46-45(51)47-37-18-20-39(21-19-37)52-38-10-2-1-3-11-38/h1-25,40,42,44,48H,26-29H2,(H,49,50)(H2,46,47,51). The molecular weight excluding hydrogens is 713 g/mol. The van der Waals surface area contributed by atoms with Crippen molar-refractivity contribution in [1.29, 1.82) is 0 Å². The summed E-state index contributed by atoms with van der Waals surface area (Å²) in [4.78, 5) is 25.0. The van der Waals surface area contributed by atoms with Crippen molar-refractivity contribution in [2.45, 2.75) is 43.0 Å². The number of aliphatic hydroxyl groups is 1. The second kappa shape index (κ2) is 17.9. The van der Waals surface area contributed by atoms with Gasteiger partial charge in [-0.2, -0.15) is 0 Å². The Hall–Kier alpha value is -5.91. The number of ether oxygens (including phenoxy) is 3. The third-order valence-corrected chi connectivity index (χ3v) is 10.3. The van der Waals surface area contributed by atoms with Crippen LogP contribution in [0.3, 0.4) is 0 Å². The number of carbonyl (C=O) groups excluding carboxylic acids is 1. The van der Waals surface area contributed by atoms with Gasteiger partial charge in [0.25, 0.3) is 0 Å². The normalized spacial score (nSPS) is 16.6. The molecule has 0 radical (unpaired) electrons. The van der Waals surface area contributed by atoms with Crippen molar-refractivity contribution in [2.24, 2.45) is 0 Å². The maximum Gasteiger partial charge on any atom is 0.335 e. The number of carbonyl (C=O) groups is 2. The lowest BCUT2D eigenvalue weighted by atomic mass is 9.99. The molecule has 1 heterocycles. The number of aromatic carboxylic acids is 1. The van der Waals surface area contributed by atoms with Crippen LogP contribution in [0.4, 0.5) is 10.5 Å². The number of hydrogen-bond donors (Lipinski definition) is 4. The second-order valence-electron chi connectivity index (χ2n) is 13.1. The molecule has 9 nitrogen and oxygen atoms in total. The number of aliphatic hydroxyl groups excluding tert-OH is 1. The van der Waals surface area contributed by atoms with Crippen LogP contribution < -0.4 is 15.4 Å². The van der Waals surface area contributed by atoms with Crippen LogP contribution in [0.2, 0.25) is 0 Å². The molecule has 2 amide bonds. The molecule has 1 aliphatic rings. The van der Waals surface area contributed by atoms with Gasteiger partial charge in [0, 0.05) is 34.9 Å². The molecule has 0 saturated carbocycles. The number of carboxylic acid groups (broad SMARTS) is 1. The maximum absolute atomic E-state index is 12.8. The SMILES string of the molecule is O=C(NCc1cccc(-c2cccc(C3OC(CSc4ccc(C(=O)O)cc4)CC(c4ccc(CO)cc4)O3)c2)c1)Nc1ccc(Oc2ccccc2)cc1. The molecule has 0 spiro atoms. The summed E-state index contributed by atoms with van der Waals surface area (Å²) in [7, 11) is 0. The van der Waals surface area contributed by atoms with E-state index < -0.39 is 12.3 Å². The predicted octanol–water partition coefficient (Wildman–Crippen LogP) is 10.00. The first-order valence-electron chi connectivity index (χ1n) is 17.9. The van der Waals surface area contributed by atoms with E-state index in [9.17, 15) is 19.8 Å². The molecule has 0 aliphatic carbocycles. The number of amides is 2. The Bertz CT molecular complexity index is 2200. The van der Waals surface area contributed by atoms with Crippen molar-refractivity contribution in [3.05, 3.63) is 179 Å². The van der Waals surface area contributed by atoms with E-state index in [1.807, 2.05) is 115 Å². The fraction of sp³-hybridized carbons (Fsp3) is 0.156. The van der Waals surface area contributed by atoms with Crippen LogP contribution in [-0.4, -0.2) is 34.1 Å². The molecule has 1 fully saturated rings. The van der Waals surface area contributed by atoms with Crippen molar-refractivity contribution in [3.8, 4) is 22.6 Å². The summed E-state index contributed by atoms with van der Waals surface area (Å²) in [6.07, 6.45) is -0.402. The van der Waals surface area contributed by atoms with E-state index in [1.54, 1.807) is 36.0 Å². The van der Waals surface area contributed by atoms with Gasteiger partial charge in [-0.3, -0.25) is 0 Å². The first kappa shape index (κ1) is 37.4. The summed E-state index contributed by atoms with van der Waals surface area (Å²) in [6, 6.07) is 47.2. The van der Waals surface area contributed by atoms with E-state index in [0.717, 1.165) is 44.0 Å². The number of hydrogen-bond acceptors (Lipinski definition) is 7. The van der Waals surface area contributed by atoms with Crippen molar-refractivity contribution in [3.63, 3.8) is 0 Å². The third kappa shape index (κ3) is 10.2. The lowest BCUT2D eigenvalue weighted by Gasteiger charge is -2.36. The van der Waals surface area contributed by atoms with Gasteiger partial charge in [0.2, 0.25) is 0 Å². The Morgan fingerprint density at radius 2 is 1.42 bits per heavy atom. The Kier molecular flexibility index (Phi) is 12.2. The molecule has 55 heavy (non-hydrogen) atoms. The Labute approximate surface area is 323 Å². The minimum atomic E-state index is -0.954. The van der Waals surface area contributed by atoms with Crippen molar-refractivity contribution >= 4 is 29.4 Å². The zero-order valence-electron chi connectivity index (χ0n) is 29.8. The first-order chi connectivity index (χ1) is 26.9. The lowest BCUT2D eigenvalue weighted by molar-refractivity contribution is -0.245. The summed E-state index contributed by atoms with van der Waals surface area (Å²) in [5.74, 6) is 1.11. The highest BCUT2D eigenvalue weighted by molar-refractivity contribution is 7.99. The zero-order chi connectivity index (χ0) is 38.0. The molecular formula is C45H40N2O7S. The average molecular weight is 753 g/mol. The van der Waals surface area contributed by atoms with Crippen molar-refractivity contribution in [1.82, 2.24) is 5.32 Å². The van der Waals surface area contributed by atoms with Crippen LogP contribution in [0.25, 0.3) is 11.1 Å². The summed E-state index contributed by atoms with van der Waals surface area (Å²) in [6.45, 7) is 0.299. The summed E-state index contributed by atoms with van der Waals surface area (Å²) >= 11 is 1.61. The minimum absolute atomic E-state index is 0.0325. The molecule has 6 aromatic carbocycles. The molecule has 10 heteroatoms. The largest absolute Gasteiger partial charge is 0.478 e. The van der Waals surface area contributed by atoms with Gasteiger partial charge in [-0.05, 0) is 101 Å². The van der Waals surface area contributed by atoms with Gasteiger partial charge in [0.05, 0.1) is 24.4 Å². The highest BCUT2D eigenvalue weighted by Crippen LogP contribution is 2.40. The van der Waals surface area contributed by atoms with Crippen LogP contribution in [-0.2, 0) is 22.6 Å². The van der Waals surface area contributed by atoms with E-state index in [2.05, 4.69) is 22.8 Å². The van der Waals surface area contributed by atoms with Crippen LogP contribution >= 0.6 is 11.8 Å². The van der Waals surface area contributed by atoms with Gasteiger partial charge in [-0.25, -0.2) is 9.59 Å². The molecule has 7 rings (SSSR count). The Morgan fingerprint density at radius 1 is 0.709 bits per heavy atom. The van der Waals surface area contributed by atoms with Crippen LogP contribution in [0, 0.1) is 0 Å². The van der Waals surface area contributed by atoms with Gasteiger partial charge >= 0.3 is 12.0 Å². The van der Waals surface area contributed by atoms with Gasteiger partial charge in [0.15, 0.2) is 6.29 Å². The quantitative estimate of drug-likeness (QED) is 0.0860. The predicted molar refractivity (Wildman–Crippen MR) is 213 cm³/mol. The van der Waals surface area contributed by atoms with Crippen molar-refractivity contribution < 1.29 is 34.0 Å². The van der Waals surface area contributed by atoms with Gasteiger partial charge in [-0.1, -0.05) is 78.9 Å². The lowest BCUT2D eigenvalue weighted by Crippen LogP contribution is -2.31. The van der Waals surface area contributed by atoms with Crippen LogP contribution in [0.5, 0.6) is 11.5 Å². The monoisotopic (exact) mass is 752 g/mol. The topological polar surface area (TPSA) is 126 Å². The van der Waals surface area contributed by atoms with Crippen LogP contribution in [0.1, 0.15) is 51.4 Å². The molecule has 0 bridgehead atoms. The maximum atomic E-state index is 12.8. The van der Waals surface area contributed by atoms with E-state index in [0.29, 0.717) is 30.2 Å². The molecule has 6 aromatic rings. The number of para-hydroxylation sites is 1. The van der Waals surface area contributed by atoms with E-state index in [1.165, 1.54) is 0 Å². The fourth-order valence-electron chi connectivity index (χ4n) is 6.22. The minimum Gasteiger partial charge on any atom is -0.478 e. The zero-order valence-corrected chi connectivity index (χ0v) is 30.7. The van der Waals surface area contributed by atoms with Crippen molar-refractivity contribution in [2.75, 3.05) is 11.1 Å². The number of nitrogens with one attached hydrogen (secondary N) is 2. The first-order valence-corrected chi connectivity index (χ1v) is 18.9. The average Bonchev–Trinajstić information content (AvgIpc) is 3.23. The molecule has 1 saturated heterocycles. The van der Waals surface area contributed by atoms with Gasteiger partial charge in [0.1, 0.15) is 11.5 Å². The Balaban J connectivity index is 1.00. The van der Waals surface area contributed by atoms with E-state index in [-0.39, 0.29) is 30.4 Å². The number of urea groups is 1. The van der Waals surface area contributed by atoms with Gasteiger partial charge in [-0.15, -0.1) is 11.8 Å². The van der Waals surface area contributed by atoms with Gasteiger partial charge < -0.3 is 35.1 Å². The highest BCUT2D eigenvalue weighted by Gasteiger charge is 2.32. The molecule has 4 N–H and O–H groups in total. The van der Waals surface area contributed by atoms with Crippen LogP contribution in [0.15, 0.2) is 157 Å². The molecule has 1 aliphatic heterocycles. The summed E-state index contributed by atoms with van der Waals surface area (Å²) in [5.41, 5.74) is 6.50. The molecule has 3 unspecified atom stereocenters. The Morgan fingerprint density at radius 3 is 2.15 bits per heavy atom. The summed E-state index contributed by atoms with van der Waals surface area (Å²) in [5, 5.41) is 24.7. The highest BCUT2D eigenvalue weighted by atomic mass is 32.2. The smallest absolute Gasteiger partial charge is 0.335 e. The fourth-order valence-corrected chi connectivity index (χ4v) is 7.14. The molecule has 278 valence electrons. The summed E-state index contributed by atoms with van der Waals surface area (Å²) < 4.78 is 19.0. The number of benzene rings is 6.